The van der Waals surface area contributed by atoms with Gasteiger partial charge in [0.1, 0.15) is 0 Å². The van der Waals surface area contributed by atoms with Crippen LogP contribution in [0.15, 0.2) is 36.7 Å². The van der Waals surface area contributed by atoms with E-state index in [0.717, 1.165) is 25.9 Å². The van der Waals surface area contributed by atoms with E-state index in [1.54, 1.807) is 0 Å². The Bertz CT molecular complexity index is 805. The number of nitrogens with zero attached hydrogens (tertiary/aromatic N) is 3. The molecule has 0 N–H and O–H groups in total. The molecule has 2 aromatic heterocycles. The van der Waals surface area contributed by atoms with Crippen molar-refractivity contribution in [3.63, 3.8) is 0 Å². The average Bonchev–Trinajstić information content (AvgIpc) is 3.23. The Morgan fingerprint density at radius 1 is 1.40 bits per heavy atom. The van der Waals surface area contributed by atoms with E-state index in [4.69, 9.17) is 0 Å². The molecule has 1 atom stereocenters. The first-order valence-electron chi connectivity index (χ1n) is 9.13. The molecule has 2 aliphatic rings. The molecule has 3 heterocycles. The molecule has 4 heteroatoms. The number of aromatic nitrogens is 2. The highest BCUT2D eigenvalue weighted by atomic mass is 32.1. The van der Waals surface area contributed by atoms with Crippen LogP contribution in [0.4, 0.5) is 0 Å². The first kappa shape index (κ1) is 16.7. The zero-order valence-corrected chi connectivity index (χ0v) is 15.7. The first-order chi connectivity index (χ1) is 12.2. The van der Waals surface area contributed by atoms with Gasteiger partial charge in [0.25, 0.3) is 0 Å². The molecule has 4 rings (SSSR count). The fraction of sp³-hybridized carbons (Fsp3) is 0.429. The number of hydrogen-bond donors (Lipinski definition) is 0. The van der Waals surface area contributed by atoms with Crippen molar-refractivity contribution in [2.75, 3.05) is 13.1 Å². The largest absolute Gasteiger partial charge is 0.298 e. The van der Waals surface area contributed by atoms with Crippen molar-refractivity contribution in [3.05, 3.63) is 63.4 Å². The van der Waals surface area contributed by atoms with Gasteiger partial charge in [-0.05, 0) is 61.9 Å². The Hall–Kier alpha value is -1.78. The first-order valence-corrected chi connectivity index (χ1v) is 9.95. The van der Waals surface area contributed by atoms with Gasteiger partial charge in [0.05, 0.1) is 10.7 Å². The molecule has 0 amide bonds. The molecule has 1 saturated heterocycles. The van der Waals surface area contributed by atoms with E-state index in [0.29, 0.717) is 5.92 Å². The van der Waals surface area contributed by atoms with Crippen LogP contribution in [0.1, 0.15) is 52.4 Å². The summed E-state index contributed by atoms with van der Waals surface area (Å²) in [6.45, 7) is 9.42. The zero-order chi connectivity index (χ0) is 17.2. The molecule has 0 saturated carbocycles. The Kier molecular flexibility index (Phi) is 4.82. The van der Waals surface area contributed by atoms with E-state index >= 15 is 0 Å². The molecule has 1 fully saturated rings. The summed E-state index contributed by atoms with van der Waals surface area (Å²) in [6.07, 6.45) is 13.0. The molecule has 0 spiro atoms. The van der Waals surface area contributed by atoms with Crippen LogP contribution in [-0.4, -0.2) is 28.0 Å². The van der Waals surface area contributed by atoms with Gasteiger partial charge in [0, 0.05) is 36.8 Å². The summed E-state index contributed by atoms with van der Waals surface area (Å²) >= 11 is 1.84. The maximum atomic E-state index is 4.56. The smallest absolute Gasteiger partial charge is 0.0968 e. The topological polar surface area (TPSA) is 29.0 Å². The lowest BCUT2D eigenvalue weighted by Crippen LogP contribution is -2.34. The number of likely N-dealkylation sites (tertiary alicyclic amines) is 1. The molecule has 2 aromatic rings. The van der Waals surface area contributed by atoms with Gasteiger partial charge in [-0.25, -0.2) is 4.98 Å². The highest BCUT2D eigenvalue weighted by molar-refractivity contribution is 7.11. The Morgan fingerprint density at radius 3 is 3.20 bits per heavy atom. The van der Waals surface area contributed by atoms with Crippen LogP contribution in [0.25, 0.3) is 6.08 Å². The Labute approximate surface area is 154 Å². The molecular formula is C21H25N3S. The second-order valence-electron chi connectivity index (χ2n) is 7.30. The standard InChI is InChI=1S/C21H25N3S/c1-15(2)11-21-23-12-17(25-21)14-24-10-4-5-16(13-24)18-8-9-22-20-7-3-6-19(18)20/h3,7-9,12,16H,1,4-6,10-11,13-14H2,2H3. The number of piperidine rings is 1. The van der Waals surface area contributed by atoms with Crippen molar-refractivity contribution in [3.8, 4) is 0 Å². The highest BCUT2D eigenvalue weighted by Crippen LogP contribution is 2.33. The van der Waals surface area contributed by atoms with Crippen molar-refractivity contribution in [2.24, 2.45) is 0 Å². The summed E-state index contributed by atoms with van der Waals surface area (Å²) in [5.74, 6) is 0.633. The fourth-order valence-electron chi connectivity index (χ4n) is 4.00. The molecule has 3 nitrogen and oxygen atoms in total. The van der Waals surface area contributed by atoms with E-state index in [9.17, 15) is 0 Å². The molecule has 130 valence electrons. The molecule has 1 aliphatic heterocycles. The van der Waals surface area contributed by atoms with Gasteiger partial charge in [-0.1, -0.05) is 18.2 Å². The van der Waals surface area contributed by atoms with E-state index in [2.05, 4.69) is 52.8 Å². The predicted molar refractivity (Wildman–Crippen MR) is 105 cm³/mol. The Balaban J connectivity index is 1.44. The van der Waals surface area contributed by atoms with Crippen LogP contribution in [-0.2, 0) is 19.4 Å². The van der Waals surface area contributed by atoms with Crippen LogP contribution in [0.3, 0.4) is 0 Å². The minimum absolute atomic E-state index is 0.633. The summed E-state index contributed by atoms with van der Waals surface area (Å²) in [4.78, 5) is 13.0. The van der Waals surface area contributed by atoms with Crippen LogP contribution in [0, 0.1) is 0 Å². The van der Waals surface area contributed by atoms with Gasteiger partial charge in [-0.3, -0.25) is 9.88 Å². The predicted octanol–water partition coefficient (Wildman–Crippen LogP) is 4.61. The number of fused-ring (bicyclic) bond motifs is 1. The summed E-state index contributed by atoms with van der Waals surface area (Å²) in [5.41, 5.74) is 5.34. The summed E-state index contributed by atoms with van der Waals surface area (Å²) in [7, 11) is 0. The van der Waals surface area contributed by atoms with Gasteiger partial charge in [0.15, 0.2) is 0 Å². The van der Waals surface area contributed by atoms with Gasteiger partial charge in [-0.15, -0.1) is 11.3 Å². The number of pyridine rings is 1. The van der Waals surface area contributed by atoms with Crippen molar-refractivity contribution >= 4 is 17.4 Å². The third-order valence-corrected chi connectivity index (χ3v) is 6.08. The molecule has 1 unspecified atom stereocenters. The van der Waals surface area contributed by atoms with Crippen molar-refractivity contribution in [1.82, 2.24) is 14.9 Å². The Morgan fingerprint density at radius 2 is 2.32 bits per heavy atom. The molecular weight excluding hydrogens is 326 g/mol. The average molecular weight is 352 g/mol. The highest BCUT2D eigenvalue weighted by Gasteiger charge is 2.25. The zero-order valence-electron chi connectivity index (χ0n) is 14.9. The second kappa shape index (κ2) is 7.22. The third kappa shape index (κ3) is 3.75. The quantitative estimate of drug-likeness (QED) is 0.737. The van der Waals surface area contributed by atoms with Gasteiger partial charge >= 0.3 is 0 Å². The summed E-state index contributed by atoms with van der Waals surface area (Å²) in [5, 5.41) is 1.19. The van der Waals surface area contributed by atoms with Crippen molar-refractivity contribution < 1.29 is 0 Å². The van der Waals surface area contributed by atoms with Crippen LogP contribution in [0.2, 0.25) is 0 Å². The van der Waals surface area contributed by atoms with E-state index in [1.807, 2.05) is 17.5 Å². The number of allylic oxidation sites excluding steroid dienone is 2. The maximum absolute atomic E-state index is 4.56. The molecule has 25 heavy (non-hydrogen) atoms. The number of rotatable bonds is 5. The van der Waals surface area contributed by atoms with Crippen LogP contribution in [0.5, 0.6) is 0 Å². The molecule has 0 bridgehead atoms. The lowest BCUT2D eigenvalue weighted by molar-refractivity contribution is 0.201. The van der Waals surface area contributed by atoms with E-state index in [-0.39, 0.29) is 0 Å². The lowest BCUT2D eigenvalue weighted by Gasteiger charge is -2.33. The second-order valence-corrected chi connectivity index (χ2v) is 8.50. The van der Waals surface area contributed by atoms with Gasteiger partial charge < -0.3 is 0 Å². The minimum atomic E-state index is 0.633. The van der Waals surface area contributed by atoms with Gasteiger partial charge in [0.2, 0.25) is 0 Å². The SMILES string of the molecule is C=C(C)Cc1ncc(CN2CCCC(c3ccnc4c3CC=C4)C2)s1. The monoisotopic (exact) mass is 351 g/mol. The normalized spacial score (nSPS) is 20.0. The van der Waals surface area contributed by atoms with Crippen LogP contribution < -0.4 is 0 Å². The van der Waals surface area contributed by atoms with Crippen molar-refractivity contribution in [1.29, 1.82) is 0 Å². The minimum Gasteiger partial charge on any atom is -0.298 e. The fourth-order valence-corrected chi connectivity index (χ4v) is 5.07. The van der Waals surface area contributed by atoms with Crippen molar-refractivity contribution in [2.45, 2.75) is 45.1 Å². The molecule has 0 aromatic carbocycles. The molecule has 0 radical (unpaired) electrons. The maximum Gasteiger partial charge on any atom is 0.0968 e. The number of thiazole rings is 1. The molecule has 1 aliphatic carbocycles. The van der Waals surface area contributed by atoms with E-state index < -0.39 is 0 Å². The third-order valence-electron chi connectivity index (χ3n) is 5.10. The van der Waals surface area contributed by atoms with Crippen LogP contribution >= 0.6 is 11.3 Å². The van der Waals surface area contributed by atoms with Gasteiger partial charge in [-0.2, -0.15) is 0 Å². The summed E-state index contributed by atoms with van der Waals surface area (Å²) in [6, 6.07) is 2.25. The van der Waals surface area contributed by atoms with E-state index in [1.165, 1.54) is 51.7 Å². The lowest BCUT2D eigenvalue weighted by atomic mass is 9.87. The summed E-state index contributed by atoms with van der Waals surface area (Å²) < 4.78 is 0. The number of hydrogen-bond acceptors (Lipinski definition) is 4.